The molecule has 0 unspecified atom stereocenters. The summed E-state index contributed by atoms with van der Waals surface area (Å²) in [7, 11) is 1.63. The van der Waals surface area contributed by atoms with Crippen molar-refractivity contribution in [2.45, 2.75) is 19.9 Å². The molecule has 1 aromatic rings. The minimum Gasteiger partial charge on any atom is -0.336 e. The maximum absolute atomic E-state index is 11.9. The zero-order valence-corrected chi connectivity index (χ0v) is 9.23. The van der Waals surface area contributed by atoms with Gasteiger partial charge in [-0.3, -0.25) is 9.59 Å². The Kier molecular flexibility index (Phi) is 3.61. The van der Waals surface area contributed by atoms with Crippen LogP contribution >= 0.6 is 0 Å². The summed E-state index contributed by atoms with van der Waals surface area (Å²) in [6.07, 6.45) is 0. The van der Waals surface area contributed by atoms with E-state index in [-0.39, 0.29) is 11.7 Å². The quantitative estimate of drug-likeness (QED) is 0.705. The van der Waals surface area contributed by atoms with Crippen LogP contribution in [0.5, 0.6) is 0 Å². The smallest absolute Gasteiger partial charge is 0.219 e. The van der Waals surface area contributed by atoms with Crippen molar-refractivity contribution in [3.63, 3.8) is 0 Å². The molecule has 1 aromatic carbocycles. The minimum absolute atomic E-state index is 0.0340. The number of hydrogen-bond donors (Lipinski definition) is 0. The molecule has 1 atom stereocenters. The van der Waals surface area contributed by atoms with Gasteiger partial charge in [0.15, 0.2) is 5.78 Å². The first-order chi connectivity index (χ1) is 7.04. The van der Waals surface area contributed by atoms with Crippen LogP contribution in [0.25, 0.3) is 0 Å². The van der Waals surface area contributed by atoms with Gasteiger partial charge in [-0.25, -0.2) is 0 Å². The number of nitrogens with zero attached hydrogens (tertiary/aromatic N) is 1. The minimum atomic E-state index is -0.412. The van der Waals surface area contributed by atoms with Crippen molar-refractivity contribution in [2.75, 3.05) is 7.05 Å². The highest BCUT2D eigenvalue weighted by Crippen LogP contribution is 2.07. The molecule has 0 saturated carbocycles. The summed E-state index contributed by atoms with van der Waals surface area (Å²) < 4.78 is 0. The number of ketones is 1. The van der Waals surface area contributed by atoms with E-state index >= 15 is 0 Å². The van der Waals surface area contributed by atoms with Crippen molar-refractivity contribution in [2.24, 2.45) is 0 Å². The molecule has 0 aliphatic heterocycles. The lowest BCUT2D eigenvalue weighted by molar-refractivity contribution is -0.128. The van der Waals surface area contributed by atoms with E-state index in [0.717, 1.165) is 0 Å². The third-order valence-electron chi connectivity index (χ3n) is 2.52. The van der Waals surface area contributed by atoms with E-state index in [1.165, 1.54) is 11.8 Å². The van der Waals surface area contributed by atoms with Gasteiger partial charge in [-0.15, -0.1) is 0 Å². The first-order valence-corrected chi connectivity index (χ1v) is 4.86. The number of hydrogen-bond acceptors (Lipinski definition) is 2. The lowest BCUT2D eigenvalue weighted by Gasteiger charge is -2.22. The highest BCUT2D eigenvalue weighted by Gasteiger charge is 2.20. The molecule has 0 heterocycles. The molecule has 0 fully saturated rings. The first kappa shape index (κ1) is 11.4. The second kappa shape index (κ2) is 4.73. The lowest BCUT2D eigenvalue weighted by Crippen LogP contribution is -2.39. The Labute approximate surface area is 89.7 Å². The van der Waals surface area contributed by atoms with Crippen LogP contribution in [0, 0.1) is 0 Å². The molecule has 1 rings (SSSR count). The Bertz CT molecular complexity index is 359. The van der Waals surface area contributed by atoms with Gasteiger partial charge in [-0.05, 0) is 6.92 Å². The standard InChI is InChI=1S/C12H15NO2/c1-9(13(3)10(2)14)12(15)11-7-5-4-6-8-11/h4-9H,1-3H3/t9-/m0/s1. The SMILES string of the molecule is CC(=O)N(C)[C@@H](C)C(=O)c1ccccc1. The van der Waals surface area contributed by atoms with E-state index in [2.05, 4.69) is 0 Å². The summed E-state index contributed by atoms with van der Waals surface area (Å²) in [4.78, 5) is 24.4. The predicted molar refractivity (Wildman–Crippen MR) is 58.7 cm³/mol. The largest absolute Gasteiger partial charge is 0.336 e. The molecule has 0 aliphatic carbocycles. The monoisotopic (exact) mass is 205 g/mol. The third kappa shape index (κ3) is 2.65. The van der Waals surface area contributed by atoms with E-state index in [4.69, 9.17) is 0 Å². The van der Waals surface area contributed by atoms with Crippen LogP contribution in [0.3, 0.4) is 0 Å². The average molecular weight is 205 g/mol. The molecule has 0 radical (unpaired) electrons. The second-order valence-electron chi connectivity index (χ2n) is 3.54. The average Bonchev–Trinajstić information content (AvgIpc) is 2.27. The molecule has 1 amide bonds. The molecule has 0 aliphatic rings. The highest BCUT2D eigenvalue weighted by atomic mass is 16.2. The maximum atomic E-state index is 11.9. The van der Waals surface area contributed by atoms with Gasteiger partial charge >= 0.3 is 0 Å². The van der Waals surface area contributed by atoms with E-state index in [9.17, 15) is 9.59 Å². The van der Waals surface area contributed by atoms with Crippen molar-refractivity contribution in [3.8, 4) is 0 Å². The number of amides is 1. The predicted octanol–water partition coefficient (Wildman–Crippen LogP) is 1.74. The number of rotatable bonds is 3. The van der Waals surface area contributed by atoms with Gasteiger partial charge < -0.3 is 4.90 Å². The van der Waals surface area contributed by atoms with Gasteiger partial charge in [-0.2, -0.15) is 0 Å². The van der Waals surface area contributed by atoms with Gasteiger partial charge in [0.1, 0.15) is 0 Å². The Morgan fingerprint density at radius 3 is 2.20 bits per heavy atom. The normalized spacial score (nSPS) is 11.9. The summed E-state index contributed by atoms with van der Waals surface area (Å²) in [5.41, 5.74) is 0.637. The molecule has 3 heteroatoms. The Morgan fingerprint density at radius 1 is 1.20 bits per heavy atom. The number of carbonyl (C=O) groups is 2. The van der Waals surface area contributed by atoms with E-state index in [0.29, 0.717) is 5.56 Å². The van der Waals surface area contributed by atoms with Crippen LogP contribution < -0.4 is 0 Å². The molecule has 3 nitrogen and oxygen atoms in total. The van der Waals surface area contributed by atoms with Crippen LogP contribution in [-0.4, -0.2) is 29.7 Å². The first-order valence-electron chi connectivity index (χ1n) is 4.86. The zero-order chi connectivity index (χ0) is 11.4. The topological polar surface area (TPSA) is 37.4 Å². The van der Waals surface area contributed by atoms with Crippen LogP contribution in [0.15, 0.2) is 30.3 Å². The summed E-state index contributed by atoms with van der Waals surface area (Å²) in [6, 6.07) is 8.59. The fourth-order valence-corrected chi connectivity index (χ4v) is 1.29. The highest BCUT2D eigenvalue weighted by molar-refractivity contribution is 6.01. The van der Waals surface area contributed by atoms with E-state index in [1.54, 1.807) is 26.1 Å². The summed E-state index contributed by atoms with van der Waals surface area (Å²) in [5.74, 6) is -0.139. The number of benzene rings is 1. The molecular formula is C12H15NO2. The van der Waals surface area contributed by atoms with Gasteiger partial charge in [-0.1, -0.05) is 30.3 Å². The summed E-state index contributed by atoms with van der Waals surface area (Å²) in [5, 5.41) is 0. The van der Waals surface area contributed by atoms with Crippen molar-refractivity contribution in [1.82, 2.24) is 4.90 Å². The second-order valence-corrected chi connectivity index (χ2v) is 3.54. The molecule has 0 aromatic heterocycles. The molecule has 0 bridgehead atoms. The Morgan fingerprint density at radius 2 is 1.73 bits per heavy atom. The van der Waals surface area contributed by atoms with Gasteiger partial charge in [0.25, 0.3) is 0 Å². The molecule has 15 heavy (non-hydrogen) atoms. The number of carbonyl (C=O) groups excluding carboxylic acids is 2. The third-order valence-corrected chi connectivity index (χ3v) is 2.52. The molecule has 80 valence electrons. The molecule has 0 spiro atoms. The van der Waals surface area contributed by atoms with Crippen molar-refractivity contribution < 1.29 is 9.59 Å². The van der Waals surface area contributed by atoms with Crippen molar-refractivity contribution >= 4 is 11.7 Å². The van der Waals surface area contributed by atoms with Gasteiger partial charge in [0.05, 0.1) is 6.04 Å². The van der Waals surface area contributed by atoms with Gasteiger partial charge in [0.2, 0.25) is 5.91 Å². The molecule has 0 N–H and O–H groups in total. The van der Waals surface area contributed by atoms with Gasteiger partial charge in [0, 0.05) is 19.5 Å². The van der Waals surface area contributed by atoms with E-state index < -0.39 is 6.04 Å². The fraction of sp³-hybridized carbons (Fsp3) is 0.333. The van der Waals surface area contributed by atoms with E-state index in [1.807, 2.05) is 18.2 Å². The number of Topliss-reactive ketones (excluding diaryl/α,β-unsaturated/α-hetero) is 1. The summed E-state index contributed by atoms with van der Waals surface area (Å²) >= 11 is 0. The van der Waals surface area contributed by atoms with Crippen LogP contribution in [0.1, 0.15) is 24.2 Å². The fourth-order valence-electron chi connectivity index (χ4n) is 1.29. The molecular weight excluding hydrogens is 190 g/mol. The Balaban J connectivity index is 2.82. The van der Waals surface area contributed by atoms with Crippen molar-refractivity contribution in [1.29, 1.82) is 0 Å². The van der Waals surface area contributed by atoms with Crippen molar-refractivity contribution in [3.05, 3.63) is 35.9 Å². The maximum Gasteiger partial charge on any atom is 0.219 e. The summed E-state index contributed by atoms with van der Waals surface area (Å²) in [6.45, 7) is 3.19. The van der Waals surface area contributed by atoms with Crippen LogP contribution in [0.4, 0.5) is 0 Å². The lowest BCUT2D eigenvalue weighted by atomic mass is 10.0. The number of likely N-dealkylation sites (N-methyl/N-ethyl adjacent to an activating group) is 1. The zero-order valence-electron chi connectivity index (χ0n) is 9.23. The van der Waals surface area contributed by atoms with Crippen LogP contribution in [-0.2, 0) is 4.79 Å². The van der Waals surface area contributed by atoms with Crippen LogP contribution in [0.2, 0.25) is 0 Å². The molecule has 0 saturated heterocycles. The Hall–Kier alpha value is -1.64.